The molecule has 1 rings (SSSR count). The highest BCUT2D eigenvalue weighted by Gasteiger charge is 2.51. The standard InChI is InChI=1S/C12H19NO5/c1-6(14)8-5-9(16)11(13(3)7(2)15)10(8)12(17)18-4/h8-11,16H,5H2,1-4H3. The molecule has 0 aromatic heterocycles. The SMILES string of the molecule is COC(=O)C1C(C(C)=O)CC(O)C1N(C)C(C)=O. The van der Waals surface area contributed by atoms with Gasteiger partial charge in [-0.05, 0) is 13.3 Å². The van der Waals surface area contributed by atoms with Crippen molar-refractivity contribution in [1.29, 1.82) is 0 Å². The first-order valence-electron chi connectivity index (χ1n) is 5.81. The van der Waals surface area contributed by atoms with Crippen molar-refractivity contribution in [2.45, 2.75) is 32.4 Å². The molecule has 1 saturated carbocycles. The zero-order valence-corrected chi connectivity index (χ0v) is 11.0. The Balaban J connectivity index is 3.09. The number of ether oxygens (including phenoxy) is 1. The van der Waals surface area contributed by atoms with Crippen LogP contribution in [0.4, 0.5) is 0 Å². The summed E-state index contributed by atoms with van der Waals surface area (Å²) in [5.41, 5.74) is 0. The van der Waals surface area contributed by atoms with Crippen molar-refractivity contribution in [2.75, 3.05) is 14.2 Å². The smallest absolute Gasteiger partial charge is 0.311 e. The van der Waals surface area contributed by atoms with Gasteiger partial charge in [0.2, 0.25) is 5.91 Å². The van der Waals surface area contributed by atoms with Crippen LogP contribution in [-0.4, -0.2) is 54.0 Å². The average molecular weight is 257 g/mol. The van der Waals surface area contributed by atoms with Gasteiger partial charge in [-0.3, -0.25) is 14.4 Å². The maximum atomic E-state index is 11.8. The summed E-state index contributed by atoms with van der Waals surface area (Å²) in [4.78, 5) is 36.0. The fourth-order valence-corrected chi connectivity index (χ4v) is 2.59. The van der Waals surface area contributed by atoms with Crippen molar-refractivity contribution < 1.29 is 24.2 Å². The van der Waals surface area contributed by atoms with Crippen LogP contribution in [0.5, 0.6) is 0 Å². The first-order chi connectivity index (χ1) is 8.31. The molecule has 4 atom stereocenters. The zero-order valence-electron chi connectivity index (χ0n) is 11.0. The van der Waals surface area contributed by atoms with Crippen LogP contribution in [0.1, 0.15) is 20.3 Å². The Labute approximate surface area is 106 Å². The summed E-state index contributed by atoms with van der Waals surface area (Å²) in [6.45, 7) is 2.73. The Morgan fingerprint density at radius 3 is 2.22 bits per heavy atom. The minimum Gasteiger partial charge on any atom is -0.469 e. The molecule has 1 aliphatic rings. The second-order valence-electron chi connectivity index (χ2n) is 4.69. The van der Waals surface area contributed by atoms with Crippen molar-refractivity contribution in [1.82, 2.24) is 4.90 Å². The monoisotopic (exact) mass is 257 g/mol. The van der Waals surface area contributed by atoms with E-state index in [4.69, 9.17) is 0 Å². The molecular weight excluding hydrogens is 238 g/mol. The van der Waals surface area contributed by atoms with E-state index in [1.165, 1.54) is 32.9 Å². The molecule has 0 saturated heterocycles. The van der Waals surface area contributed by atoms with Crippen LogP contribution in [-0.2, 0) is 19.1 Å². The molecule has 0 bridgehead atoms. The van der Waals surface area contributed by atoms with Crippen LogP contribution >= 0.6 is 0 Å². The Morgan fingerprint density at radius 2 is 1.83 bits per heavy atom. The maximum Gasteiger partial charge on any atom is 0.311 e. The number of carbonyl (C=O) groups is 3. The van der Waals surface area contributed by atoms with Gasteiger partial charge < -0.3 is 14.7 Å². The Kier molecular flexibility index (Phi) is 4.45. The predicted molar refractivity (Wildman–Crippen MR) is 62.5 cm³/mol. The molecule has 1 aliphatic carbocycles. The second-order valence-corrected chi connectivity index (χ2v) is 4.69. The topological polar surface area (TPSA) is 83.9 Å². The van der Waals surface area contributed by atoms with Gasteiger partial charge in [-0.25, -0.2) is 0 Å². The fraction of sp³-hybridized carbons (Fsp3) is 0.750. The maximum absolute atomic E-state index is 11.8. The number of likely N-dealkylation sites (N-methyl/N-ethyl adjacent to an activating group) is 1. The molecule has 102 valence electrons. The fourth-order valence-electron chi connectivity index (χ4n) is 2.59. The number of ketones is 1. The van der Waals surface area contributed by atoms with E-state index in [-0.39, 0.29) is 18.1 Å². The van der Waals surface area contributed by atoms with Crippen molar-refractivity contribution in [3.05, 3.63) is 0 Å². The first-order valence-corrected chi connectivity index (χ1v) is 5.81. The van der Waals surface area contributed by atoms with Gasteiger partial charge in [-0.2, -0.15) is 0 Å². The minimum atomic E-state index is -0.892. The molecular formula is C12H19NO5. The third-order valence-corrected chi connectivity index (χ3v) is 3.63. The van der Waals surface area contributed by atoms with Gasteiger partial charge in [0.25, 0.3) is 0 Å². The molecule has 1 fully saturated rings. The highest BCUT2D eigenvalue weighted by Crippen LogP contribution is 2.36. The van der Waals surface area contributed by atoms with E-state index in [1.807, 2.05) is 0 Å². The van der Waals surface area contributed by atoms with E-state index >= 15 is 0 Å². The number of amides is 1. The number of esters is 1. The highest BCUT2D eigenvalue weighted by atomic mass is 16.5. The second kappa shape index (κ2) is 5.48. The van der Waals surface area contributed by atoms with Crippen LogP contribution in [0.25, 0.3) is 0 Å². The molecule has 6 heteroatoms. The number of rotatable bonds is 3. The number of nitrogens with zero attached hydrogens (tertiary/aromatic N) is 1. The number of aliphatic hydroxyl groups excluding tert-OH is 1. The normalized spacial score (nSPS) is 30.9. The molecule has 18 heavy (non-hydrogen) atoms. The molecule has 1 N–H and O–H groups in total. The third kappa shape index (κ3) is 2.53. The van der Waals surface area contributed by atoms with E-state index in [0.717, 1.165) is 0 Å². The number of hydrogen-bond donors (Lipinski definition) is 1. The van der Waals surface area contributed by atoms with Crippen molar-refractivity contribution >= 4 is 17.7 Å². The summed E-state index contributed by atoms with van der Waals surface area (Å²) in [6.07, 6.45) is -0.714. The Morgan fingerprint density at radius 1 is 1.28 bits per heavy atom. The van der Waals surface area contributed by atoms with Crippen LogP contribution in [0.15, 0.2) is 0 Å². The first kappa shape index (κ1) is 14.6. The van der Waals surface area contributed by atoms with Gasteiger partial charge in [-0.1, -0.05) is 0 Å². The summed E-state index contributed by atoms with van der Waals surface area (Å²) in [5, 5.41) is 9.99. The number of Topliss-reactive ketones (excluding diaryl/α,β-unsaturated/α-hetero) is 1. The summed E-state index contributed by atoms with van der Waals surface area (Å²) >= 11 is 0. The number of aliphatic hydroxyl groups is 1. The largest absolute Gasteiger partial charge is 0.469 e. The lowest BCUT2D eigenvalue weighted by Crippen LogP contribution is -2.48. The van der Waals surface area contributed by atoms with E-state index in [0.29, 0.717) is 0 Å². The average Bonchev–Trinajstić information content (AvgIpc) is 2.64. The van der Waals surface area contributed by atoms with E-state index in [1.54, 1.807) is 0 Å². The van der Waals surface area contributed by atoms with Crippen LogP contribution in [0, 0.1) is 11.8 Å². The van der Waals surface area contributed by atoms with Gasteiger partial charge in [0.05, 0.1) is 25.2 Å². The summed E-state index contributed by atoms with van der Waals surface area (Å²) in [6, 6.07) is -0.705. The Bertz CT molecular complexity index is 367. The van der Waals surface area contributed by atoms with E-state index < -0.39 is 30.0 Å². The summed E-state index contributed by atoms with van der Waals surface area (Å²) in [5.74, 6) is -2.40. The molecule has 0 radical (unpaired) electrons. The van der Waals surface area contributed by atoms with Gasteiger partial charge in [-0.15, -0.1) is 0 Å². The summed E-state index contributed by atoms with van der Waals surface area (Å²) in [7, 11) is 2.74. The number of hydrogen-bond acceptors (Lipinski definition) is 5. The van der Waals surface area contributed by atoms with E-state index in [2.05, 4.69) is 4.74 Å². The molecule has 0 aromatic carbocycles. The molecule has 4 unspecified atom stereocenters. The lowest BCUT2D eigenvalue weighted by Gasteiger charge is -2.30. The summed E-state index contributed by atoms with van der Waals surface area (Å²) < 4.78 is 4.68. The molecule has 0 spiro atoms. The van der Waals surface area contributed by atoms with Gasteiger partial charge >= 0.3 is 5.97 Å². The van der Waals surface area contributed by atoms with Gasteiger partial charge in [0, 0.05) is 19.9 Å². The minimum absolute atomic E-state index is 0.177. The third-order valence-electron chi connectivity index (χ3n) is 3.63. The van der Waals surface area contributed by atoms with Crippen LogP contribution in [0.2, 0.25) is 0 Å². The van der Waals surface area contributed by atoms with Crippen molar-refractivity contribution in [3.63, 3.8) is 0 Å². The predicted octanol–water partition coefficient (Wildman–Crippen LogP) is -0.408. The highest BCUT2D eigenvalue weighted by molar-refractivity contribution is 5.87. The van der Waals surface area contributed by atoms with Crippen LogP contribution < -0.4 is 0 Å². The number of methoxy groups -OCH3 is 1. The molecule has 0 aromatic rings. The lowest BCUT2D eigenvalue weighted by molar-refractivity contribution is -0.152. The van der Waals surface area contributed by atoms with Gasteiger partial charge in [0.1, 0.15) is 5.78 Å². The molecule has 0 aliphatic heterocycles. The zero-order chi connectivity index (χ0) is 14.0. The molecule has 1 amide bonds. The molecule has 0 heterocycles. The van der Waals surface area contributed by atoms with Gasteiger partial charge in [0.15, 0.2) is 0 Å². The quantitative estimate of drug-likeness (QED) is 0.695. The Hall–Kier alpha value is -1.43. The number of carbonyl (C=O) groups excluding carboxylic acids is 3. The van der Waals surface area contributed by atoms with Crippen molar-refractivity contribution in [3.8, 4) is 0 Å². The van der Waals surface area contributed by atoms with E-state index in [9.17, 15) is 19.5 Å². The van der Waals surface area contributed by atoms with Crippen molar-refractivity contribution in [2.24, 2.45) is 11.8 Å². The lowest BCUT2D eigenvalue weighted by atomic mass is 9.90. The molecule has 6 nitrogen and oxygen atoms in total. The van der Waals surface area contributed by atoms with Crippen LogP contribution in [0.3, 0.4) is 0 Å².